The third-order valence-corrected chi connectivity index (χ3v) is 7.61. The number of carbonyl (C=O) groups excluding carboxylic acids is 2. The van der Waals surface area contributed by atoms with Crippen LogP contribution >= 0.6 is 54.0 Å². The molecule has 1 N–H and O–H groups in total. The molecule has 0 aromatic rings. The van der Waals surface area contributed by atoms with Gasteiger partial charge in [-0.15, -0.1) is 0 Å². The molecule has 0 aromatic heterocycles. The van der Waals surface area contributed by atoms with Crippen LogP contribution in [0.2, 0.25) is 0 Å². The molecule has 3 unspecified atom stereocenters. The van der Waals surface area contributed by atoms with Crippen LogP contribution < -0.4 is 0 Å². The maximum absolute atomic E-state index is 12.4. The van der Waals surface area contributed by atoms with E-state index in [2.05, 4.69) is 13.8 Å². The van der Waals surface area contributed by atoms with E-state index >= 15 is 0 Å². The number of aliphatic hydroxyl groups excluding tert-OH is 1. The quantitative estimate of drug-likeness (QED) is 0.630. The summed E-state index contributed by atoms with van der Waals surface area (Å²) in [7, 11) is 0. The minimum atomic E-state index is -0.407. The minimum Gasteiger partial charge on any atom is -0.393 e. The molecule has 4 aliphatic carbocycles. The zero-order valence-corrected chi connectivity index (χ0v) is 19.6. The van der Waals surface area contributed by atoms with Gasteiger partial charge in [0.1, 0.15) is 5.78 Å². The summed E-state index contributed by atoms with van der Waals surface area (Å²) in [5.74, 6) is 1.71. The first-order chi connectivity index (χ1) is 10.4. The molecule has 0 spiro atoms. The first kappa shape index (κ1) is 26.4. The average molecular weight is 439 g/mol. The van der Waals surface area contributed by atoms with Gasteiger partial charge < -0.3 is 5.11 Å². The highest BCUT2D eigenvalue weighted by Gasteiger charge is 2.61. The van der Waals surface area contributed by atoms with Crippen LogP contribution in [-0.4, -0.2) is 22.8 Å². The molecule has 6 atom stereocenters. The number of rotatable bonds is 0. The van der Waals surface area contributed by atoms with Gasteiger partial charge in [0.2, 0.25) is 0 Å². The van der Waals surface area contributed by atoms with Crippen LogP contribution in [0.1, 0.15) is 58.8 Å². The Morgan fingerprint density at radius 2 is 1.62 bits per heavy atom. The standard InChI is InChI=1S/C19H26O3.4H2S/c1-18-8-7-12(20)9-11(18)3-4-13-14-5-6-16(22)19(14,2)10-15(21)17(13)18;;;;/h9,13-15,17,21H,3-8,10H2,1-2H3;4*1H2/t13-,14?,15?,17?,18-,19-;;;;/m0..../s1. The Hall–Kier alpha value is 0.440. The van der Waals surface area contributed by atoms with Crippen molar-refractivity contribution in [2.45, 2.75) is 64.9 Å². The van der Waals surface area contributed by atoms with Crippen molar-refractivity contribution in [2.24, 2.45) is 28.6 Å². The van der Waals surface area contributed by atoms with Crippen LogP contribution in [0, 0.1) is 28.6 Å². The fourth-order valence-electron chi connectivity index (χ4n) is 6.46. The van der Waals surface area contributed by atoms with Crippen LogP contribution in [0.3, 0.4) is 0 Å². The normalized spacial score (nSPS) is 43.1. The van der Waals surface area contributed by atoms with Crippen LogP contribution in [0.4, 0.5) is 0 Å². The number of fused-ring (bicyclic) bond motifs is 5. The summed E-state index contributed by atoms with van der Waals surface area (Å²) in [6.07, 6.45) is 7.24. The smallest absolute Gasteiger partial charge is 0.155 e. The summed E-state index contributed by atoms with van der Waals surface area (Å²) in [5.41, 5.74) is 0.920. The molecule has 0 aromatic carbocycles. The topological polar surface area (TPSA) is 54.4 Å². The van der Waals surface area contributed by atoms with Crippen molar-refractivity contribution in [3.05, 3.63) is 11.6 Å². The second kappa shape index (κ2) is 8.85. The van der Waals surface area contributed by atoms with Gasteiger partial charge in [-0.3, -0.25) is 9.59 Å². The van der Waals surface area contributed by atoms with Gasteiger partial charge in [0, 0.05) is 18.3 Å². The SMILES string of the molecule is C[C@]12CCC(=O)C=C1CC[C@@H]1C2C(O)C[C@]2(C)C(=O)CCC12.S.S.S.S. The van der Waals surface area contributed by atoms with E-state index in [0.29, 0.717) is 36.9 Å². The fraction of sp³-hybridized carbons (Fsp3) is 0.789. The van der Waals surface area contributed by atoms with Gasteiger partial charge >= 0.3 is 0 Å². The van der Waals surface area contributed by atoms with Gasteiger partial charge in [-0.1, -0.05) is 19.4 Å². The lowest BCUT2D eigenvalue weighted by atomic mass is 9.46. The monoisotopic (exact) mass is 438 g/mol. The number of Topliss-reactive ketones (excluding diaryl/α,β-unsaturated/α-hetero) is 1. The van der Waals surface area contributed by atoms with E-state index in [9.17, 15) is 14.7 Å². The van der Waals surface area contributed by atoms with Crippen molar-refractivity contribution < 1.29 is 14.7 Å². The number of hydrogen-bond donors (Lipinski definition) is 1. The number of aliphatic hydroxyl groups is 1. The first-order valence-electron chi connectivity index (χ1n) is 8.81. The highest BCUT2D eigenvalue weighted by molar-refractivity contribution is 7.59. The highest BCUT2D eigenvalue weighted by Crippen LogP contribution is 2.64. The Kier molecular flexibility index (Phi) is 9.00. The van der Waals surface area contributed by atoms with Crippen molar-refractivity contribution in [2.75, 3.05) is 0 Å². The average Bonchev–Trinajstić information content (AvgIpc) is 2.75. The molecule has 0 heterocycles. The van der Waals surface area contributed by atoms with E-state index in [4.69, 9.17) is 0 Å². The molecule has 0 saturated heterocycles. The third-order valence-electron chi connectivity index (χ3n) is 7.61. The van der Waals surface area contributed by atoms with E-state index in [0.717, 1.165) is 25.7 Å². The number of carbonyl (C=O) groups is 2. The largest absolute Gasteiger partial charge is 0.393 e. The zero-order chi connectivity index (χ0) is 15.7. The summed E-state index contributed by atoms with van der Waals surface area (Å²) in [6, 6.07) is 0. The van der Waals surface area contributed by atoms with Gasteiger partial charge in [0.15, 0.2) is 5.78 Å². The summed E-state index contributed by atoms with van der Waals surface area (Å²) >= 11 is 0. The minimum absolute atomic E-state index is 0. The summed E-state index contributed by atoms with van der Waals surface area (Å²) in [6.45, 7) is 4.34. The van der Waals surface area contributed by atoms with Crippen LogP contribution in [-0.2, 0) is 9.59 Å². The maximum atomic E-state index is 12.4. The number of ketones is 2. The van der Waals surface area contributed by atoms with E-state index in [1.807, 2.05) is 6.08 Å². The number of allylic oxidation sites excluding steroid dienone is 1. The van der Waals surface area contributed by atoms with Crippen LogP contribution in [0.5, 0.6) is 0 Å². The molecule has 0 aliphatic heterocycles. The van der Waals surface area contributed by atoms with E-state index in [1.165, 1.54) is 5.57 Å². The summed E-state index contributed by atoms with van der Waals surface area (Å²) in [4.78, 5) is 24.2. The molecule has 152 valence electrons. The highest BCUT2D eigenvalue weighted by atomic mass is 32.1. The molecule has 0 amide bonds. The van der Waals surface area contributed by atoms with Gasteiger partial charge in [-0.2, -0.15) is 54.0 Å². The molecule has 4 rings (SSSR count). The predicted molar refractivity (Wildman–Crippen MR) is 125 cm³/mol. The van der Waals surface area contributed by atoms with Gasteiger partial charge in [0.25, 0.3) is 0 Å². The Balaban J connectivity index is 0.00000156. The molecule has 0 radical (unpaired) electrons. The van der Waals surface area contributed by atoms with E-state index in [-0.39, 0.29) is 76.5 Å². The molecule has 3 saturated carbocycles. The molecular weight excluding hydrogens is 404 g/mol. The number of hydrogen-bond acceptors (Lipinski definition) is 3. The Bertz CT molecular complexity index is 593. The molecule has 26 heavy (non-hydrogen) atoms. The van der Waals surface area contributed by atoms with Crippen molar-refractivity contribution in [3.8, 4) is 0 Å². The van der Waals surface area contributed by atoms with Crippen molar-refractivity contribution in [3.63, 3.8) is 0 Å². The summed E-state index contributed by atoms with van der Waals surface area (Å²) < 4.78 is 0. The zero-order valence-electron chi connectivity index (χ0n) is 15.6. The second-order valence-electron chi connectivity index (χ2n) is 8.54. The Morgan fingerprint density at radius 3 is 2.27 bits per heavy atom. The lowest BCUT2D eigenvalue weighted by Crippen LogP contribution is -2.56. The molecule has 4 aliphatic rings. The van der Waals surface area contributed by atoms with Crippen LogP contribution in [0.25, 0.3) is 0 Å². The molecule has 7 heteroatoms. The van der Waals surface area contributed by atoms with Gasteiger partial charge in [0.05, 0.1) is 6.10 Å². The van der Waals surface area contributed by atoms with E-state index < -0.39 is 6.10 Å². The van der Waals surface area contributed by atoms with Crippen molar-refractivity contribution in [1.29, 1.82) is 0 Å². The molecular formula is C19H34O3S4. The molecule has 3 nitrogen and oxygen atoms in total. The Labute approximate surface area is 184 Å². The first-order valence-corrected chi connectivity index (χ1v) is 8.81. The maximum Gasteiger partial charge on any atom is 0.155 e. The van der Waals surface area contributed by atoms with Gasteiger partial charge in [-0.25, -0.2) is 0 Å². The second-order valence-corrected chi connectivity index (χ2v) is 8.54. The summed E-state index contributed by atoms with van der Waals surface area (Å²) in [5, 5.41) is 10.9. The van der Waals surface area contributed by atoms with Gasteiger partial charge in [-0.05, 0) is 61.3 Å². The van der Waals surface area contributed by atoms with Crippen molar-refractivity contribution in [1.82, 2.24) is 0 Å². The third kappa shape index (κ3) is 3.56. The fourth-order valence-corrected chi connectivity index (χ4v) is 6.46. The van der Waals surface area contributed by atoms with Crippen LogP contribution in [0.15, 0.2) is 11.6 Å². The molecule has 0 bridgehead atoms. The Morgan fingerprint density at radius 1 is 0.962 bits per heavy atom. The lowest BCUT2D eigenvalue weighted by Gasteiger charge is -2.58. The lowest BCUT2D eigenvalue weighted by molar-refractivity contribution is -0.147. The van der Waals surface area contributed by atoms with E-state index in [1.54, 1.807) is 0 Å². The van der Waals surface area contributed by atoms with Crippen molar-refractivity contribution >= 4 is 65.5 Å². The predicted octanol–water partition coefficient (Wildman–Crippen LogP) is 3.51. The molecule has 3 fully saturated rings.